The Kier molecular flexibility index (Phi) is 8.18. The molecular weight excluding hydrogens is 282 g/mol. The van der Waals surface area contributed by atoms with Gasteiger partial charge < -0.3 is 14.8 Å². The first-order chi connectivity index (χ1) is 10.4. The minimum atomic E-state index is 0.533. The maximum Gasteiger partial charge on any atom is 0.0587 e. The van der Waals surface area contributed by atoms with Crippen molar-refractivity contribution in [3.05, 3.63) is 29.8 Å². The summed E-state index contributed by atoms with van der Waals surface area (Å²) in [6.07, 6.45) is 5.50. The third kappa shape index (κ3) is 6.83. The second-order valence-corrected chi connectivity index (χ2v) is 6.61. The van der Waals surface area contributed by atoms with Gasteiger partial charge in [-0.3, -0.25) is 0 Å². The minimum Gasteiger partial charge on any atom is -0.383 e. The Morgan fingerprint density at radius 2 is 2.19 bits per heavy atom. The molecule has 21 heavy (non-hydrogen) atoms. The summed E-state index contributed by atoms with van der Waals surface area (Å²) in [4.78, 5) is 1.36. The lowest BCUT2D eigenvalue weighted by Crippen LogP contribution is -2.18. The van der Waals surface area contributed by atoms with Crippen molar-refractivity contribution in [1.82, 2.24) is 5.32 Å². The van der Waals surface area contributed by atoms with Crippen LogP contribution in [0.2, 0.25) is 0 Å². The summed E-state index contributed by atoms with van der Waals surface area (Å²) in [5.41, 5.74) is 1.33. The summed E-state index contributed by atoms with van der Waals surface area (Å²) < 4.78 is 10.7. The lowest BCUT2D eigenvalue weighted by Gasteiger charge is -2.09. The number of hydrogen-bond acceptors (Lipinski definition) is 4. The zero-order valence-electron chi connectivity index (χ0n) is 13.0. The molecule has 0 amide bonds. The number of thioether (sulfide) groups is 1. The molecule has 0 saturated carbocycles. The molecule has 2 rings (SSSR count). The second kappa shape index (κ2) is 10.2. The zero-order chi connectivity index (χ0) is 14.8. The van der Waals surface area contributed by atoms with Gasteiger partial charge in [0.25, 0.3) is 0 Å². The summed E-state index contributed by atoms with van der Waals surface area (Å²) in [6.45, 7) is 3.54. The van der Waals surface area contributed by atoms with Crippen LogP contribution in [0.1, 0.15) is 31.2 Å². The summed E-state index contributed by atoms with van der Waals surface area (Å²) in [5, 5.41) is 3.36. The Balaban J connectivity index is 1.58. The van der Waals surface area contributed by atoms with Gasteiger partial charge in [-0.15, -0.1) is 11.8 Å². The van der Waals surface area contributed by atoms with Gasteiger partial charge in [0.2, 0.25) is 0 Å². The predicted octanol–water partition coefficient (Wildman–Crippen LogP) is 3.47. The highest BCUT2D eigenvalue weighted by atomic mass is 32.2. The maximum atomic E-state index is 5.65. The van der Waals surface area contributed by atoms with Crippen LogP contribution in [0, 0.1) is 0 Å². The van der Waals surface area contributed by atoms with Crippen molar-refractivity contribution in [3.8, 4) is 0 Å². The van der Waals surface area contributed by atoms with E-state index in [-0.39, 0.29) is 0 Å². The van der Waals surface area contributed by atoms with Crippen LogP contribution >= 0.6 is 11.8 Å². The van der Waals surface area contributed by atoms with E-state index in [4.69, 9.17) is 9.47 Å². The molecule has 1 atom stereocenters. The first-order valence-electron chi connectivity index (χ1n) is 7.91. The van der Waals surface area contributed by atoms with Crippen LogP contribution in [0.3, 0.4) is 0 Å². The third-order valence-corrected chi connectivity index (χ3v) is 4.80. The van der Waals surface area contributed by atoms with Crippen molar-refractivity contribution >= 4 is 11.8 Å². The van der Waals surface area contributed by atoms with Gasteiger partial charge in [-0.25, -0.2) is 0 Å². The number of rotatable bonds is 10. The van der Waals surface area contributed by atoms with Crippen molar-refractivity contribution in [3.63, 3.8) is 0 Å². The number of methoxy groups -OCH3 is 1. The molecule has 1 saturated heterocycles. The summed E-state index contributed by atoms with van der Waals surface area (Å²) in [7, 11) is 1.73. The second-order valence-electron chi connectivity index (χ2n) is 5.44. The van der Waals surface area contributed by atoms with Crippen LogP contribution in [0.5, 0.6) is 0 Å². The molecule has 1 aliphatic rings. The molecule has 1 N–H and O–H groups in total. The molecule has 1 aromatic carbocycles. The topological polar surface area (TPSA) is 30.5 Å². The molecule has 118 valence electrons. The maximum absolute atomic E-state index is 5.65. The van der Waals surface area contributed by atoms with Gasteiger partial charge in [-0.1, -0.05) is 12.1 Å². The predicted molar refractivity (Wildman–Crippen MR) is 89.0 cm³/mol. The monoisotopic (exact) mass is 309 g/mol. The largest absolute Gasteiger partial charge is 0.383 e. The lowest BCUT2D eigenvalue weighted by atomic mass is 10.1. The molecule has 3 nitrogen and oxygen atoms in total. The molecule has 1 aliphatic heterocycles. The molecule has 0 radical (unpaired) electrons. The molecule has 1 heterocycles. The standard InChI is InChI=1S/C17H27NO2S/c1-19-12-10-18-14-15-6-8-17(9-7-15)21-13-3-5-16-4-2-11-20-16/h6-9,16,18H,2-5,10-14H2,1H3. The van der Waals surface area contributed by atoms with Crippen LogP contribution in [0.25, 0.3) is 0 Å². The Bertz CT molecular complexity index is 377. The van der Waals surface area contributed by atoms with E-state index >= 15 is 0 Å². The summed E-state index contributed by atoms with van der Waals surface area (Å²) in [6, 6.07) is 8.87. The molecule has 0 aromatic heterocycles. The lowest BCUT2D eigenvalue weighted by molar-refractivity contribution is 0.104. The van der Waals surface area contributed by atoms with E-state index in [0.29, 0.717) is 6.10 Å². The number of benzene rings is 1. The third-order valence-electron chi connectivity index (χ3n) is 3.70. The van der Waals surface area contributed by atoms with E-state index in [1.54, 1.807) is 7.11 Å². The quantitative estimate of drug-likeness (QED) is 0.529. The fourth-order valence-corrected chi connectivity index (χ4v) is 3.36. The minimum absolute atomic E-state index is 0.533. The Labute approximate surface area is 132 Å². The Hall–Kier alpha value is -0.550. The number of hydrogen-bond donors (Lipinski definition) is 1. The molecule has 0 bridgehead atoms. The van der Waals surface area contributed by atoms with E-state index in [1.165, 1.54) is 41.9 Å². The van der Waals surface area contributed by atoms with Crippen LogP contribution in [0.15, 0.2) is 29.2 Å². The summed E-state index contributed by atoms with van der Waals surface area (Å²) in [5.74, 6) is 1.19. The number of nitrogens with one attached hydrogen (secondary N) is 1. The average molecular weight is 309 g/mol. The highest BCUT2D eigenvalue weighted by molar-refractivity contribution is 7.99. The van der Waals surface area contributed by atoms with E-state index in [9.17, 15) is 0 Å². The highest BCUT2D eigenvalue weighted by Gasteiger charge is 2.14. The summed E-state index contributed by atoms with van der Waals surface area (Å²) >= 11 is 1.95. The van der Waals surface area contributed by atoms with E-state index in [0.717, 1.165) is 26.3 Å². The van der Waals surface area contributed by atoms with Crippen molar-refractivity contribution in [2.75, 3.05) is 32.6 Å². The molecule has 0 aliphatic carbocycles. The zero-order valence-corrected chi connectivity index (χ0v) is 13.8. The molecule has 4 heteroatoms. The highest BCUT2D eigenvalue weighted by Crippen LogP contribution is 2.22. The van der Waals surface area contributed by atoms with Crippen molar-refractivity contribution in [2.24, 2.45) is 0 Å². The fourth-order valence-electron chi connectivity index (χ4n) is 2.48. The Morgan fingerprint density at radius 3 is 2.90 bits per heavy atom. The van der Waals surface area contributed by atoms with Crippen LogP contribution in [-0.2, 0) is 16.0 Å². The van der Waals surface area contributed by atoms with E-state index in [2.05, 4.69) is 29.6 Å². The van der Waals surface area contributed by atoms with Crippen molar-refractivity contribution in [2.45, 2.75) is 43.2 Å². The van der Waals surface area contributed by atoms with Gasteiger partial charge in [0.15, 0.2) is 0 Å². The average Bonchev–Trinajstić information content (AvgIpc) is 3.03. The van der Waals surface area contributed by atoms with E-state index < -0.39 is 0 Å². The van der Waals surface area contributed by atoms with Gasteiger partial charge in [-0.2, -0.15) is 0 Å². The van der Waals surface area contributed by atoms with Crippen LogP contribution < -0.4 is 5.32 Å². The first kappa shape index (κ1) is 16.8. The van der Waals surface area contributed by atoms with Gasteiger partial charge in [0.05, 0.1) is 12.7 Å². The molecule has 1 unspecified atom stereocenters. The molecule has 0 spiro atoms. The SMILES string of the molecule is COCCNCc1ccc(SCCCC2CCCO2)cc1. The fraction of sp³-hybridized carbons (Fsp3) is 0.647. The van der Waals surface area contributed by atoms with Gasteiger partial charge in [0, 0.05) is 31.7 Å². The molecular formula is C17H27NO2S. The van der Waals surface area contributed by atoms with Gasteiger partial charge in [-0.05, 0) is 49.1 Å². The van der Waals surface area contributed by atoms with Crippen molar-refractivity contribution < 1.29 is 9.47 Å². The first-order valence-corrected chi connectivity index (χ1v) is 8.90. The normalized spacial score (nSPS) is 18.2. The van der Waals surface area contributed by atoms with Crippen molar-refractivity contribution in [1.29, 1.82) is 0 Å². The van der Waals surface area contributed by atoms with Crippen LogP contribution in [0.4, 0.5) is 0 Å². The molecule has 1 fully saturated rings. The smallest absolute Gasteiger partial charge is 0.0587 e. The van der Waals surface area contributed by atoms with E-state index in [1.807, 2.05) is 11.8 Å². The Morgan fingerprint density at radius 1 is 1.33 bits per heavy atom. The number of ether oxygens (including phenoxy) is 2. The van der Waals surface area contributed by atoms with Gasteiger partial charge in [0.1, 0.15) is 0 Å². The van der Waals surface area contributed by atoms with Crippen LogP contribution in [-0.4, -0.2) is 38.7 Å². The molecule has 1 aromatic rings. The van der Waals surface area contributed by atoms with Gasteiger partial charge >= 0.3 is 0 Å².